The molecule has 2 heterocycles. The molecule has 172 valence electrons. The summed E-state index contributed by atoms with van der Waals surface area (Å²) in [6, 6.07) is 7.84. The van der Waals surface area contributed by atoms with Gasteiger partial charge in [-0.15, -0.1) is 0 Å². The average molecular weight is 429 g/mol. The summed E-state index contributed by atoms with van der Waals surface area (Å²) in [4.78, 5) is 14.5. The first-order valence-corrected chi connectivity index (χ1v) is 12.3. The lowest BCUT2D eigenvalue weighted by atomic mass is 9.65. The number of rotatable bonds is 8. The molecule has 3 fully saturated rings. The van der Waals surface area contributed by atoms with Crippen molar-refractivity contribution < 1.29 is 14.3 Å². The molecule has 4 unspecified atom stereocenters. The quantitative estimate of drug-likeness (QED) is 0.669. The number of amides is 1. The van der Waals surface area contributed by atoms with Gasteiger partial charge in [0.2, 0.25) is 5.91 Å². The minimum atomic E-state index is -0.383. The maximum Gasteiger partial charge on any atom is 0.248 e. The molecule has 1 amide bonds. The van der Waals surface area contributed by atoms with Crippen molar-refractivity contribution in [3.63, 3.8) is 0 Å². The molecule has 2 aliphatic heterocycles. The van der Waals surface area contributed by atoms with E-state index in [-0.39, 0.29) is 11.5 Å². The molecule has 1 aliphatic carbocycles. The van der Waals surface area contributed by atoms with Crippen LogP contribution >= 0.6 is 0 Å². The van der Waals surface area contributed by atoms with Crippen LogP contribution in [-0.2, 0) is 15.1 Å². The van der Waals surface area contributed by atoms with Crippen LogP contribution in [0.25, 0.3) is 0 Å². The minimum Gasteiger partial charge on any atom is -0.375 e. The van der Waals surface area contributed by atoms with Crippen LogP contribution in [-0.4, -0.2) is 49.8 Å². The van der Waals surface area contributed by atoms with Crippen molar-refractivity contribution in [1.82, 2.24) is 4.90 Å². The van der Waals surface area contributed by atoms with Crippen LogP contribution in [0.4, 0.5) is 0 Å². The summed E-state index contributed by atoms with van der Waals surface area (Å²) in [6.07, 6.45) is 9.42. The number of fused-ring (bicyclic) bond motifs is 2. The summed E-state index contributed by atoms with van der Waals surface area (Å²) < 4.78 is 12.5. The van der Waals surface area contributed by atoms with Gasteiger partial charge in [-0.3, -0.25) is 4.79 Å². The van der Waals surface area contributed by atoms with E-state index in [4.69, 9.17) is 15.2 Å². The van der Waals surface area contributed by atoms with Crippen molar-refractivity contribution in [3.05, 3.63) is 35.4 Å². The van der Waals surface area contributed by atoms with Crippen LogP contribution in [0.5, 0.6) is 0 Å². The molecule has 5 heteroatoms. The Hall–Kier alpha value is -1.43. The number of ether oxygens (including phenoxy) is 2. The van der Waals surface area contributed by atoms with Crippen LogP contribution in [0.2, 0.25) is 0 Å². The molecule has 31 heavy (non-hydrogen) atoms. The Kier molecular flexibility index (Phi) is 7.04. The number of hydrogen-bond acceptors (Lipinski definition) is 4. The molecule has 0 radical (unpaired) electrons. The second kappa shape index (κ2) is 9.60. The maximum atomic E-state index is 11.9. The van der Waals surface area contributed by atoms with E-state index in [0.29, 0.717) is 29.6 Å². The fraction of sp³-hybridized carbons (Fsp3) is 0.731. The monoisotopic (exact) mass is 428 g/mol. The largest absolute Gasteiger partial charge is 0.375 e. The second-order valence-electron chi connectivity index (χ2n) is 10.1. The second-order valence-corrected chi connectivity index (χ2v) is 10.1. The Balaban J connectivity index is 1.55. The molecule has 1 saturated carbocycles. The highest BCUT2D eigenvalue weighted by atomic mass is 16.5. The van der Waals surface area contributed by atoms with E-state index in [1.807, 2.05) is 19.2 Å². The van der Waals surface area contributed by atoms with Gasteiger partial charge in [-0.25, -0.2) is 0 Å². The van der Waals surface area contributed by atoms with E-state index in [1.165, 1.54) is 32.1 Å². The first-order valence-electron chi connectivity index (χ1n) is 12.3. The predicted octanol–water partition coefficient (Wildman–Crippen LogP) is 4.34. The van der Waals surface area contributed by atoms with Gasteiger partial charge < -0.3 is 20.1 Å². The van der Waals surface area contributed by atoms with Crippen molar-refractivity contribution in [2.75, 3.05) is 26.7 Å². The van der Waals surface area contributed by atoms with Crippen molar-refractivity contribution in [2.24, 2.45) is 23.5 Å². The molecule has 0 aromatic heterocycles. The zero-order chi connectivity index (χ0) is 22.0. The minimum absolute atomic E-state index is 0.377. The Morgan fingerprint density at radius 2 is 1.94 bits per heavy atom. The van der Waals surface area contributed by atoms with Crippen LogP contribution < -0.4 is 5.73 Å². The van der Waals surface area contributed by atoms with Gasteiger partial charge in [0.1, 0.15) is 0 Å². The van der Waals surface area contributed by atoms with Crippen LogP contribution in [0.1, 0.15) is 74.7 Å². The summed E-state index contributed by atoms with van der Waals surface area (Å²) in [6.45, 7) is 7.82. The van der Waals surface area contributed by atoms with Gasteiger partial charge in [0.25, 0.3) is 0 Å². The standard InChI is InChI=1S/C26H40N2O3/c1-4-28(16-19-13-23-11-12-24(14-19)31-23)17-22-10-5-7-18(2)26(22,30-3)21-9-6-8-20(15-21)25(27)29/h6,8-9,15,18-19,22-24H,4-5,7,10-14,16-17H2,1-3H3,(H2,27,29)/t18?,19?,22?,23-,24+,26?. The Bertz CT molecular complexity index is 757. The number of primary amides is 1. The highest BCUT2D eigenvalue weighted by Crippen LogP contribution is 2.49. The smallest absolute Gasteiger partial charge is 0.248 e. The Morgan fingerprint density at radius 3 is 2.58 bits per heavy atom. The lowest BCUT2D eigenvalue weighted by Crippen LogP contribution is -2.51. The first kappa shape index (κ1) is 22.8. The van der Waals surface area contributed by atoms with Crippen LogP contribution in [0.15, 0.2) is 24.3 Å². The zero-order valence-electron chi connectivity index (χ0n) is 19.5. The fourth-order valence-electron chi connectivity index (χ4n) is 6.78. The molecule has 6 atom stereocenters. The van der Waals surface area contributed by atoms with Gasteiger partial charge in [0.15, 0.2) is 0 Å². The van der Waals surface area contributed by atoms with E-state index in [9.17, 15) is 4.79 Å². The number of benzene rings is 1. The summed E-state index contributed by atoms with van der Waals surface area (Å²) in [5.41, 5.74) is 6.88. The van der Waals surface area contributed by atoms with Crippen LogP contribution in [0.3, 0.4) is 0 Å². The zero-order valence-corrected chi connectivity index (χ0v) is 19.5. The van der Waals surface area contributed by atoms with Crippen molar-refractivity contribution in [1.29, 1.82) is 0 Å². The molecule has 5 nitrogen and oxygen atoms in total. The average Bonchev–Trinajstić information content (AvgIpc) is 3.11. The van der Waals surface area contributed by atoms with Gasteiger partial charge in [0, 0.05) is 31.7 Å². The SMILES string of the molecule is CCN(CC1C[C@H]2CC[C@@H](C1)O2)CC1CCCC(C)C1(OC)c1cccc(C(N)=O)c1. The fourth-order valence-corrected chi connectivity index (χ4v) is 6.78. The number of methoxy groups -OCH3 is 1. The topological polar surface area (TPSA) is 64.8 Å². The van der Waals surface area contributed by atoms with Gasteiger partial charge in [-0.1, -0.05) is 32.4 Å². The summed E-state index contributed by atoms with van der Waals surface area (Å²) in [7, 11) is 1.85. The maximum absolute atomic E-state index is 11.9. The van der Waals surface area contributed by atoms with Gasteiger partial charge in [-0.05, 0) is 74.6 Å². The molecule has 1 aromatic rings. The van der Waals surface area contributed by atoms with E-state index in [2.05, 4.69) is 24.8 Å². The predicted molar refractivity (Wildman–Crippen MR) is 123 cm³/mol. The molecular weight excluding hydrogens is 388 g/mol. The van der Waals surface area contributed by atoms with E-state index < -0.39 is 0 Å². The number of carbonyl (C=O) groups excluding carboxylic acids is 1. The third-order valence-corrected chi connectivity index (χ3v) is 8.29. The molecule has 2 saturated heterocycles. The normalized spacial score (nSPS) is 35.4. The Labute approximate surface area is 187 Å². The first-order chi connectivity index (χ1) is 15.0. The van der Waals surface area contributed by atoms with Gasteiger partial charge >= 0.3 is 0 Å². The molecule has 1 aromatic carbocycles. The summed E-state index contributed by atoms with van der Waals surface area (Å²) in [5.74, 6) is 1.14. The van der Waals surface area contributed by atoms with E-state index >= 15 is 0 Å². The number of nitrogens with two attached hydrogens (primary N) is 1. The number of carbonyl (C=O) groups is 1. The molecule has 4 rings (SSSR count). The van der Waals surface area contributed by atoms with E-state index in [0.717, 1.165) is 44.0 Å². The molecule has 0 spiro atoms. The lowest BCUT2D eigenvalue weighted by molar-refractivity contribution is -0.133. The third-order valence-electron chi connectivity index (χ3n) is 8.29. The highest BCUT2D eigenvalue weighted by molar-refractivity contribution is 5.92. The van der Waals surface area contributed by atoms with E-state index in [1.54, 1.807) is 6.07 Å². The summed E-state index contributed by atoms with van der Waals surface area (Å²) >= 11 is 0. The van der Waals surface area contributed by atoms with Gasteiger partial charge in [-0.2, -0.15) is 0 Å². The third kappa shape index (κ3) is 4.55. The van der Waals surface area contributed by atoms with Crippen LogP contribution in [0, 0.1) is 17.8 Å². The summed E-state index contributed by atoms with van der Waals surface area (Å²) in [5, 5.41) is 0. The lowest BCUT2D eigenvalue weighted by Gasteiger charge is -2.49. The number of hydrogen-bond donors (Lipinski definition) is 1. The van der Waals surface area contributed by atoms with Crippen molar-refractivity contribution in [3.8, 4) is 0 Å². The van der Waals surface area contributed by atoms with Crippen molar-refractivity contribution >= 4 is 5.91 Å². The molecule has 2 bridgehead atoms. The van der Waals surface area contributed by atoms with Gasteiger partial charge in [0.05, 0.1) is 17.8 Å². The number of nitrogens with zero attached hydrogens (tertiary/aromatic N) is 1. The van der Waals surface area contributed by atoms with Crippen molar-refractivity contribution in [2.45, 2.75) is 76.6 Å². The Morgan fingerprint density at radius 1 is 1.19 bits per heavy atom. The molecular formula is C26H40N2O3. The highest BCUT2D eigenvalue weighted by Gasteiger charge is 2.48. The molecule has 2 N–H and O–H groups in total. The molecule has 3 aliphatic rings.